The van der Waals surface area contributed by atoms with Gasteiger partial charge in [-0.1, -0.05) is 6.07 Å². The SMILES string of the molecule is CC(Cc1ccc2occ(F)c2c1)NCCO. The van der Waals surface area contributed by atoms with Crippen molar-refractivity contribution in [2.75, 3.05) is 13.2 Å². The molecule has 2 N–H and O–H groups in total. The molecule has 0 spiro atoms. The molecule has 2 rings (SSSR count). The fourth-order valence-electron chi connectivity index (χ4n) is 1.91. The summed E-state index contributed by atoms with van der Waals surface area (Å²) in [6, 6.07) is 5.77. The molecule has 0 amide bonds. The highest BCUT2D eigenvalue weighted by molar-refractivity contribution is 5.78. The van der Waals surface area contributed by atoms with E-state index in [1.54, 1.807) is 6.07 Å². The largest absolute Gasteiger partial charge is 0.461 e. The minimum atomic E-state index is -0.321. The number of aliphatic hydroxyl groups excluding tert-OH is 1. The molecule has 1 aromatic carbocycles. The molecule has 2 aromatic rings. The Balaban J connectivity index is 2.10. The third kappa shape index (κ3) is 2.84. The second kappa shape index (κ2) is 5.29. The lowest BCUT2D eigenvalue weighted by molar-refractivity contribution is 0.285. The van der Waals surface area contributed by atoms with Gasteiger partial charge in [-0.05, 0) is 31.0 Å². The molecule has 0 aliphatic heterocycles. The van der Waals surface area contributed by atoms with Crippen LogP contribution in [0.1, 0.15) is 12.5 Å². The molecule has 1 atom stereocenters. The fourth-order valence-corrected chi connectivity index (χ4v) is 1.91. The zero-order valence-electron chi connectivity index (χ0n) is 9.74. The van der Waals surface area contributed by atoms with Crippen LogP contribution in [0.2, 0.25) is 0 Å². The molecule has 0 fully saturated rings. The van der Waals surface area contributed by atoms with Gasteiger partial charge in [-0.3, -0.25) is 0 Å². The summed E-state index contributed by atoms with van der Waals surface area (Å²) in [5.41, 5.74) is 1.62. The first kappa shape index (κ1) is 12.1. The first-order valence-corrected chi connectivity index (χ1v) is 5.70. The van der Waals surface area contributed by atoms with E-state index in [2.05, 4.69) is 5.32 Å². The van der Waals surface area contributed by atoms with E-state index in [9.17, 15) is 4.39 Å². The molecule has 0 aliphatic carbocycles. The van der Waals surface area contributed by atoms with Gasteiger partial charge in [0.2, 0.25) is 0 Å². The number of nitrogens with one attached hydrogen (secondary N) is 1. The van der Waals surface area contributed by atoms with Gasteiger partial charge in [-0.15, -0.1) is 0 Å². The van der Waals surface area contributed by atoms with E-state index in [4.69, 9.17) is 9.52 Å². The van der Waals surface area contributed by atoms with Crippen LogP contribution in [0.5, 0.6) is 0 Å². The number of aliphatic hydroxyl groups is 1. The summed E-state index contributed by atoms with van der Waals surface area (Å²) in [5.74, 6) is -0.321. The first-order valence-electron chi connectivity index (χ1n) is 5.70. The summed E-state index contributed by atoms with van der Waals surface area (Å²) in [4.78, 5) is 0. The van der Waals surface area contributed by atoms with Gasteiger partial charge in [0.25, 0.3) is 0 Å². The number of hydrogen-bond donors (Lipinski definition) is 2. The second-order valence-electron chi connectivity index (χ2n) is 4.20. The van der Waals surface area contributed by atoms with Crippen molar-refractivity contribution in [2.24, 2.45) is 0 Å². The van der Waals surface area contributed by atoms with Crippen molar-refractivity contribution in [3.05, 3.63) is 35.8 Å². The molecule has 0 radical (unpaired) electrons. The summed E-state index contributed by atoms with van der Waals surface area (Å²) in [6.07, 6.45) is 1.92. The van der Waals surface area contributed by atoms with Crippen LogP contribution >= 0.6 is 0 Å². The van der Waals surface area contributed by atoms with Gasteiger partial charge in [-0.2, -0.15) is 0 Å². The van der Waals surface area contributed by atoms with Crippen molar-refractivity contribution < 1.29 is 13.9 Å². The molecular weight excluding hydrogens is 221 g/mol. The molecule has 1 aromatic heterocycles. The minimum absolute atomic E-state index is 0.125. The predicted molar refractivity (Wildman–Crippen MR) is 64.4 cm³/mol. The highest BCUT2D eigenvalue weighted by Crippen LogP contribution is 2.21. The molecule has 0 saturated heterocycles. The van der Waals surface area contributed by atoms with E-state index in [0.717, 1.165) is 18.2 Å². The Morgan fingerprint density at radius 1 is 1.47 bits per heavy atom. The number of fused-ring (bicyclic) bond motifs is 1. The molecule has 1 heterocycles. The summed E-state index contributed by atoms with van der Waals surface area (Å²) >= 11 is 0. The van der Waals surface area contributed by atoms with Crippen LogP contribution in [0.25, 0.3) is 11.0 Å². The van der Waals surface area contributed by atoms with Gasteiger partial charge in [0, 0.05) is 12.6 Å². The Morgan fingerprint density at radius 3 is 3.06 bits per heavy atom. The van der Waals surface area contributed by atoms with Crippen molar-refractivity contribution in [1.82, 2.24) is 5.32 Å². The molecule has 92 valence electrons. The average Bonchev–Trinajstić information content (AvgIpc) is 2.68. The van der Waals surface area contributed by atoms with Crippen LogP contribution in [0.4, 0.5) is 4.39 Å². The van der Waals surface area contributed by atoms with E-state index in [-0.39, 0.29) is 18.5 Å². The summed E-state index contributed by atoms with van der Waals surface area (Å²) < 4.78 is 18.4. The standard InChI is InChI=1S/C13H16FNO2/c1-9(15-4-5-16)6-10-2-3-13-11(7-10)12(14)8-17-13/h2-3,7-9,15-16H,4-6H2,1H3. The third-order valence-corrected chi connectivity index (χ3v) is 2.74. The highest BCUT2D eigenvalue weighted by Gasteiger charge is 2.08. The van der Waals surface area contributed by atoms with Crippen LogP contribution in [-0.2, 0) is 6.42 Å². The molecule has 0 aliphatic rings. The highest BCUT2D eigenvalue weighted by atomic mass is 19.1. The van der Waals surface area contributed by atoms with Gasteiger partial charge < -0.3 is 14.8 Å². The smallest absolute Gasteiger partial charge is 0.169 e. The molecule has 0 bridgehead atoms. The van der Waals surface area contributed by atoms with Crippen LogP contribution < -0.4 is 5.32 Å². The Kier molecular flexibility index (Phi) is 3.76. The topological polar surface area (TPSA) is 45.4 Å². The maximum absolute atomic E-state index is 13.3. The van der Waals surface area contributed by atoms with Crippen molar-refractivity contribution in [2.45, 2.75) is 19.4 Å². The number of rotatable bonds is 5. The Bertz CT molecular complexity index is 495. The lowest BCUT2D eigenvalue weighted by Crippen LogP contribution is -2.30. The van der Waals surface area contributed by atoms with Gasteiger partial charge in [0.1, 0.15) is 11.8 Å². The second-order valence-corrected chi connectivity index (χ2v) is 4.20. The molecule has 3 nitrogen and oxygen atoms in total. The lowest BCUT2D eigenvalue weighted by atomic mass is 10.1. The number of benzene rings is 1. The van der Waals surface area contributed by atoms with Gasteiger partial charge in [-0.25, -0.2) is 4.39 Å². The summed E-state index contributed by atoms with van der Waals surface area (Å²) in [6.45, 7) is 2.73. The Morgan fingerprint density at radius 2 is 2.29 bits per heavy atom. The van der Waals surface area contributed by atoms with Crippen LogP contribution in [0.15, 0.2) is 28.9 Å². The monoisotopic (exact) mass is 237 g/mol. The zero-order valence-corrected chi connectivity index (χ0v) is 9.74. The van der Waals surface area contributed by atoms with Crippen molar-refractivity contribution in [3.8, 4) is 0 Å². The van der Waals surface area contributed by atoms with E-state index in [1.165, 1.54) is 0 Å². The quantitative estimate of drug-likeness (QED) is 0.837. The van der Waals surface area contributed by atoms with Gasteiger partial charge in [0.15, 0.2) is 5.82 Å². The Hall–Kier alpha value is -1.39. The maximum Gasteiger partial charge on any atom is 0.169 e. The summed E-state index contributed by atoms with van der Waals surface area (Å²) in [5, 5.41) is 12.4. The van der Waals surface area contributed by atoms with Crippen LogP contribution in [-0.4, -0.2) is 24.3 Å². The van der Waals surface area contributed by atoms with Crippen LogP contribution in [0, 0.1) is 5.82 Å². The minimum Gasteiger partial charge on any atom is -0.461 e. The number of hydrogen-bond acceptors (Lipinski definition) is 3. The van der Waals surface area contributed by atoms with E-state index < -0.39 is 0 Å². The molecule has 17 heavy (non-hydrogen) atoms. The molecule has 1 unspecified atom stereocenters. The van der Waals surface area contributed by atoms with E-state index >= 15 is 0 Å². The molecule has 4 heteroatoms. The van der Waals surface area contributed by atoms with Gasteiger partial charge in [0.05, 0.1) is 12.0 Å². The number of furan rings is 1. The van der Waals surface area contributed by atoms with Crippen LogP contribution in [0.3, 0.4) is 0 Å². The van der Waals surface area contributed by atoms with Crippen molar-refractivity contribution >= 4 is 11.0 Å². The van der Waals surface area contributed by atoms with E-state index in [0.29, 0.717) is 17.5 Å². The van der Waals surface area contributed by atoms with Gasteiger partial charge >= 0.3 is 0 Å². The predicted octanol–water partition coefficient (Wildman–Crippen LogP) is 2.08. The molecular formula is C13H16FNO2. The maximum atomic E-state index is 13.3. The third-order valence-electron chi connectivity index (χ3n) is 2.74. The van der Waals surface area contributed by atoms with Crippen molar-refractivity contribution in [1.29, 1.82) is 0 Å². The Labute approximate surface area is 99.2 Å². The van der Waals surface area contributed by atoms with E-state index in [1.807, 2.05) is 19.1 Å². The lowest BCUT2D eigenvalue weighted by Gasteiger charge is -2.12. The zero-order chi connectivity index (χ0) is 12.3. The first-order chi connectivity index (χ1) is 8.20. The average molecular weight is 237 g/mol. The molecule has 0 saturated carbocycles. The normalized spacial score (nSPS) is 13.1. The fraction of sp³-hybridized carbons (Fsp3) is 0.385. The number of halogens is 1. The van der Waals surface area contributed by atoms with Crippen molar-refractivity contribution in [3.63, 3.8) is 0 Å². The summed E-state index contributed by atoms with van der Waals surface area (Å²) in [7, 11) is 0.